The molecule has 1 aliphatic rings. The molecule has 76 valence electrons. The van der Waals surface area contributed by atoms with E-state index in [1.165, 1.54) is 0 Å². The molecule has 0 N–H and O–H groups in total. The summed E-state index contributed by atoms with van der Waals surface area (Å²) in [6.45, 7) is 1.95. The van der Waals surface area contributed by atoms with Crippen LogP contribution in [-0.2, 0) is 10.2 Å². The first kappa shape index (κ1) is 10.2. The van der Waals surface area contributed by atoms with Gasteiger partial charge in [0.15, 0.2) is 0 Å². The summed E-state index contributed by atoms with van der Waals surface area (Å²) >= 11 is 6.06. The van der Waals surface area contributed by atoms with Crippen LogP contribution in [0.3, 0.4) is 0 Å². The fraction of sp³-hybridized carbons (Fsp3) is 0.333. The molecule has 0 amide bonds. The molecule has 1 fully saturated rings. The van der Waals surface area contributed by atoms with Crippen LogP contribution < -0.4 is 0 Å². The average Bonchev–Trinajstić information content (AvgIpc) is 2.17. The zero-order valence-corrected chi connectivity index (χ0v) is 9.14. The van der Waals surface area contributed by atoms with Crippen molar-refractivity contribution >= 4 is 17.4 Å². The van der Waals surface area contributed by atoms with Crippen LogP contribution in [-0.4, -0.2) is 5.78 Å². The van der Waals surface area contributed by atoms with Gasteiger partial charge >= 0.3 is 0 Å². The zero-order valence-electron chi connectivity index (χ0n) is 8.38. The largest absolute Gasteiger partial charge is 0.300 e. The molecule has 0 heterocycles. The molecule has 0 unspecified atom stereocenters. The van der Waals surface area contributed by atoms with Crippen LogP contribution in [0.5, 0.6) is 0 Å². The smallest absolute Gasteiger partial charge is 0.136 e. The Hall–Kier alpha value is -1.33. The quantitative estimate of drug-likeness (QED) is 0.729. The predicted octanol–water partition coefficient (Wildman–Crippen LogP) is 2.77. The van der Waals surface area contributed by atoms with Gasteiger partial charge in [0.2, 0.25) is 0 Å². The molecule has 15 heavy (non-hydrogen) atoms. The summed E-state index contributed by atoms with van der Waals surface area (Å²) in [5.41, 5.74) is 1.19. The lowest BCUT2D eigenvalue weighted by Crippen LogP contribution is -2.40. The first-order chi connectivity index (χ1) is 7.07. The van der Waals surface area contributed by atoms with E-state index in [1.807, 2.05) is 19.1 Å². The summed E-state index contributed by atoms with van der Waals surface area (Å²) in [7, 11) is 0. The number of benzene rings is 1. The lowest BCUT2D eigenvalue weighted by Gasteiger charge is -2.34. The lowest BCUT2D eigenvalue weighted by molar-refractivity contribution is -0.126. The van der Waals surface area contributed by atoms with E-state index in [9.17, 15) is 4.79 Å². The second kappa shape index (κ2) is 3.36. The van der Waals surface area contributed by atoms with Crippen LogP contribution in [0, 0.1) is 18.3 Å². The van der Waals surface area contributed by atoms with Crippen molar-refractivity contribution in [2.75, 3.05) is 0 Å². The predicted molar refractivity (Wildman–Crippen MR) is 57.7 cm³/mol. The highest BCUT2D eigenvalue weighted by Crippen LogP contribution is 2.43. The molecule has 1 saturated carbocycles. The third-order valence-corrected chi connectivity index (χ3v) is 3.18. The van der Waals surface area contributed by atoms with E-state index in [0.29, 0.717) is 17.9 Å². The minimum absolute atomic E-state index is 0.133. The number of hydrogen-bond acceptors (Lipinski definition) is 2. The molecular formula is C12H10ClNO. The number of rotatable bonds is 1. The topological polar surface area (TPSA) is 40.9 Å². The summed E-state index contributed by atoms with van der Waals surface area (Å²) in [5, 5.41) is 9.74. The van der Waals surface area contributed by atoms with Crippen LogP contribution in [0.2, 0.25) is 5.02 Å². The highest BCUT2D eigenvalue weighted by atomic mass is 35.5. The van der Waals surface area contributed by atoms with Gasteiger partial charge in [-0.15, -0.1) is 0 Å². The number of hydrogen-bond donors (Lipinski definition) is 0. The van der Waals surface area contributed by atoms with E-state index in [1.54, 1.807) is 6.07 Å². The Bertz CT molecular complexity index is 465. The van der Waals surface area contributed by atoms with Crippen molar-refractivity contribution in [3.8, 4) is 6.07 Å². The fourth-order valence-electron chi connectivity index (χ4n) is 1.96. The number of carbonyl (C=O) groups is 1. The van der Waals surface area contributed by atoms with Gasteiger partial charge in [-0.2, -0.15) is 5.26 Å². The maximum Gasteiger partial charge on any atom is 0.136 e. The number of Topliss-reactive ketones (excluding diaryl/α,β-unsaturated/α-hetero) is 1. The lowest BCUT2D eigenvalue weighted by atomic mass is 9.64. The minimum atomic E-state index is -0.666. The van der Waals surface area contributed by atoms with Gasteiger partial charge in [-0.25, -0.2) is 0 Å². The molecule has 0 saturated heterocycles. The van der Waals surface area contributed by atoms with Gasteiger partial charge in [-0.1, -0.05) is 29.3 Å². The molecule has 3 heteroatoms. The second-order valence-electron chi connectivity index (χ2n) is 4.07. The van der Waals surface area contributed by atoms with Crippen LogP contribution in [0.25, 0.3) is 0 Å². The minimum Gasteiger partial charge on any atom is -0.300 e. The van der Waals surface area contributed by atoms with E-state index in [-0.39, 0.29) is 5.78 Å². The molecule has 0 spiro atoms. The number of carbonyl (C=O) groups excluding carboxylic acids is 1. The Labute approximate surface area is 93.5 Å². The highest BCUT2D eigenvalue weighted by Gasteiger charge is 2.46. The molecular weight excluding hydrogens is 210 g/mol. The molecule has 1 aromatic rings. The SMILES string of the molecule is Cc1ccc(Cl)c(C2(C#N)CC(=O)C2)c1. The number of ketones is 1. The number of nitrogens with zero attached hydrogens (tertiary/aromatic N) is 1. The Morgan fingerprint density at radius 2 is 2.13 bits per heavy atom. The Balaban J connectivity index is 2.49. The Morgan fingerprint density at radius 1 is 1.47 bits per heavy atom. The molecule has 0 aromatic heterocycles. The Kier molecular flexibility index (Phi) is 2.28. The van der Waals surface area contributed by atoms with Crippen LogP contribution in [0.15, 0.2) is 18.2 Å². The standard InChI is InChI=1S/C12H10ClNO/c1-8-2-3-11(13)10(4-8)12(7-14)5-9(15)6-12/h2-4H,5-6H2,1H3. The van der Waals surface area contributed by atoms with E-state index in [2.05, 4.69) is 6.07 Å². The van der Waals surface area contributed by atoms with Gasteiger partial charge in [0.1, 0.15) is 5.78 Å². The number of nitriles is 1. The Morgan fingerprint density at radius 3 is 2.67 bits per heavy atom. The first-order valence-electron chi connectivity index (χ1n) is 4.77. The van der Waals surface area contributed by atoms with Crippen molar-refractivity contribution in [3.63, 3.8) is 0 Å². The van der Waals surface area contributed by atoms with Crippen molar-refractivity contribution < 1.29 is 4.79 Å². The van der Waals surface area contributed by atoms with Crippen LogP contribution in [0.4, 0.5) is 0 Å². The zero-order chi connectivity index (χ0) is 11.1. The van der Waals surface area contributed by atoms with Crippen molar-refractivity contribution in [1.29, 1.82) is 5.26 Å². The van der Waals surface area contributed by atoms with E-state index in [4.69, 9.17) is 16.9 Å². The first-order valence-corrected chi connectivity index (χ1v) is 5.15. The van der Waals surface area contributed by atoms with Gasteiger partial charge in [0, 0.05) is 17.9 Å². The van der Waals surface area contributed by atoms with Crippen molar-refractivity contribution in [2.24, 2.45) is 0 Å². The van der Waals surface area contributed by atoms with Crippen LogP contribution in [0.1, 0.15) is 24.0 Å². The number of aryl methyl sites for hydroxylation is 1. The average molecular weight is 220 g/mol. The van der Waals surface area contributed by atoms with Gasteiger partial charge < -0.3 is 0 Å². The normalized spacial score (nSPS) is 18.1. The van der Waals surface area contributed by atoms with Crippen LogP contribution >= 0.6 is 11.6 Å². The van der Waals surface area contributed by atoms with E-state index < -0.39 is 5.41 Å². The van der Waals surface area contributed by atoms with Gasteiger partial charge in [0.25, 0.3) is 0 Å². The maximum absolute atomic E-state index is 11.0. The van der Waals surface area contributed by atoms with Crippen molar-refractivity contribution in [2.45, 2.75) is 25.2 Å². The molecule has 1 aliphatic carbocycles. The van der Waals surface area contributed by atoms with Gasteiger partial charge in [-0.3, -0.25) is 4.79 Å². The molecule has 0 aliphatic heterocycles. The summed E-state index contributed by atoms with van der Waals surface area (Å²) < 4.78 is 0. The van der Waals surface area contributed by atoms with Gasteiger partial charge in [-0.05, 0) is 18.6 Å². The third kappa shape index (κ3) is 1.53. The molecule has 1 aromatic carbocycles. The summed E-state index contributed by atoms with van der Waals surface area (Å²) in [5.74, 6) is 0.133. The summed E-state index contributed by atoms with van der Waals surface area (Å²) in [6, 6.07) is 7.81. The molecule has 2 rings (SSSR count). The molecule has 2 nitrogen and oxygen atoms in total. The van der Waals surface area contributed by atoms with E-state index >= 15 is 0 Å². The highest BCUT2D eigenvalue weighted by molar-refractivity contribution is 6.31. The van der Waals surface area contributed by atoms with E-state index in [0.717, 1.165) is 11.1 Å². The molecule has 0 bridgehead atoms. The summed E-state index contributed by atoms with van der Waals surface area (Å²) in [6.07, 6.45) is 0.597. The third-order valence-electron chi connectivity index (χ3n) is 2.85. The monoisotopic (exact) mass is 219 g/mol. The maximum atomic E-state index is 11.0. The summed E-state index contributed by atoms with van der Waals surface area (Å²) in [4.78, 5) is 11.0. The van der Waals surface area contributed by atoms with Gasteiger partial charge in [0.05, 0.1) is 11.5 Å². The van der Waals surface area contributed by atoms with Crippen molar-refractivity contribution in [3.05, 3.63) is 34.3 Å². The van der Waals surface area contributed by atoms with Crippen molar-refractivity contribution in [1.82, 2.24) is 0 Å². The molecule has 0 radical (unpaired) electrons. The molecule has 0 atom stereocenters. The fourth-order valence-corrected chi connectivity index (χ4v) is 2.26. The second-order valence-corrected chi connectivity index (χ2v) is 4.48. The number of halogens is 1.